The second-order valence-corrected chi connectivity index (χ2v) is 3.41. The third kappa shape index (κ3) is 3.61. The SMILES string of the molecule is CC(=O)NCCC=Cc1cncc(N)c1N. The van der Waals surface area contributed by atoms with Gasteiger partial charge in [-0.25, -0.2) is 0 Å². The average Bonchev–Trinajstić information content (AvgIpc) is 2.23. The van der Waals surface area contributed by atoms with E-state index in [0.29, 0.717) is 17.9 Å². The van der Waals surface area contributed by atoms with Crippen LogP contribution in [0.5, 0.6) is 0 Å². The first kappa shape index (κ1) is 12.0. The number of nitrogen functional groups attached to an aromatic ring is 2. The fourth-order valence-corrected chi connectivity index (χ4v) is 1.18. The lowest BCUT2D eigenvalue weighted by atomic mass is 10.2. The van der Waals surface area contributed by atoms with Gasteiger partial charge >= 0.3 is 0 Å². The highest BCUT2D eigenvalue weighted by Crippen LogP contribution is 2.18. The second kappa shape index (κ2) is 5.75. The molecule has 1 amide bonds. The number of nitrogens with one attached hydrogen (secondary N) is 1. The summed E-state index contributed by atoms with van der Waals surface area (Å²) < 4.78 is 0. The van der Waals surface area contributed by atoms with Gasteiger partial charge in [0.15, 0.2) is 0 Å². The van der Waals surface area contributed by atoms with Gasteiger partial charge in [0.1, 0.15) is 0 Å². The minimum atomic E-state index is -0.0291. The predicted octanol–water partition coefficient (Wildman–Crippen LogP) is 0.785. The van der Waals surface area contributed by atoms with E-state index in [-0.39, 0.29) is 5.91 Å². The van der Waals surface area contributed by atoms with Gasteiger partial charge in [-0.15, -0.1) is 0 Å². The van der Waals surface area contributed by atoms with Gasteiger partial charge in [-0.1, -0.05) is 12.2 Å². The lowest BCUT2D eigenvalue weighted by molar-refractivity contribution is -0.118. The number of hydrogen-bond acceptors (Lipinski definition) is 4. The summed E-state index contributed by atoms with van der Waals surface area (Å²) in [4.78, 5) is 14.5. The molecule has 1 aromatic heterocycles. The Morgan fingerprint density at radius 2 is 2.25 bits per heavy atom. The first-order chi connectivity index (χ1) is 7.61. The zero-order valence-electron chi connectivity index (χ0n) is 9.23. The van der Waals surface area contributed by atoms with Crippen molar-refractivity contribution in [3.8, 4) is 0 Å². The maximum Gasteiger partial charge on any atom is 0.216 e. The topological polar surface area (TPSA) is 94.0 Å². The van der Waals surface area contributed by atoms with Crippen LogP contribution in [-0.4, -0.2) is 17.4 Å². The van der Waals surface area contributed by atoms with Gasteiger partial charge < -0.3 is 16.8 Å². The fourth-order valence-electron chi connectivity index (χ4n) is 1.18. The molecule has 86 valence electrons. The maximum absolute atomic E-state index is 10.6. The largest absolute Gasteiger partial charge is 0.396 e. The van der Waals surface area contributed by atoms with Gasteiger partial charge in [0.25, 0.3) is 0 Å². The molecule has 0 unspecified atom stereocenters. The van der Waals surface area contributed by atoms with Gasteiger partial charge in [-0.3, -0.25) is 9.78 Å². The van der Waals surface area contributed by atoms with E-state index in [1.807, 2.05) is 12.2 Å². The standard InChI is InChI=1S/C11H16N4O/c1-8(16)15-5-3-2-4-9-6-14-7-10(12)11(9)13/h2,4,6-7H,3,5,12H2,1H3,(H2,13,14)(H,15,16). The summed E-state index contributed by atoms with van der Waals surface area (Å²) >= 11 is 0. The Bertz CT molecular complexity index is 401. The van der Waals surface area contributed by atoms with Crippen molar-refractivity contribution in [3.05, 3.63) is 24.0 Å². The number of amides is 1. The van der Waals surface area contributed by atoms with Crippen molar-refractivity contribution in [3.63, 3.8) is 0 Å². The molecule has 0 saturated heterocycles. The van der Waals surface area contributed by atoms with Crippen molar-refractivity contribution in [2.45, 2.75) is 13.3 Å². The van der Waals surface area contributed by atoms with Crippen molar-refractivity contribution in [2.24, 2.45) is 0 Å². The van der Waals surface area contributed by atoms with Crippen molar-refractivity contribution < 1.29 is 4.79 Å². The third-order valence-corrected chi connectivity index (χ3v) is 2.03. The number of nitrogens with zero attached hydrogens (tertiary/aromatic N) is 1. The summed E-state index contributed by atoms with van der Waals surface area (Å²) in [5.41, 5.74) is 13.2. The number of hydrogen-bond donors (Lipinski definition) is 3. The smallest absolute Gasteiger partial charge is 0.216 e. The lowest BCUT2D eigenvalue weighted by Crippen LogP contribution is -2.20. The van der Waals surface area contributed by atoms with E-state index < -0.39 is 0 Å². The van der Waals surface area contributed by atoms with Crippen LogP contribution in [0.1, 0.15) is 18.9 Å². The first-order valence-corrected chi connectivity index (χ1v) is 5.01. The lowest BCUT2D eigenvalue weighted by Gasteiger charge is -2.02. The molecule has 5 N–H and O–H groups in total. The Hall–Kier alpha value is -2.04. The Labute approximate surface area is 94.5 Å². The van der Waals surface area contributed by atoms with Crippen LogP contribution in [0.2, 0.25) is 0 Å². The number of aromatic nitrogens is 1. The number of nitrogens with two attached hydrogens (primary N) is 2. The molecule has 16 heavy (non-hydrogen) atoms. The molecular weight excluding hydrogens is 204 g/mol. The number of pyridine rings is 1. The minimum Gasteiger partial charge on any atom is -0.396 e. The molecule has 0 bridgehead atoms. The van der Waals surface area contributed by atoms with Crippen molar-refractivity contribution in [2.75, 3.05) is 18.0 Å². The molecule has 0 saturated carbocycles. The van der Waals surface area contributed by atoms with Gasteiger partial charge in [0.05, 0.1) is 17.6 Å². The molecule has 1 rings (SSSR count). The summed E-state index contributed by atoms with van der Waals surface area (Å²) in [6.07, 6.45) is 7.68. The zero-order valence-corrected chi connectivity index (χ0v) is 9.23. The average molecular weight is 220 g/mol. The van der Waals surface area contributed by atoms with Gasteiger partial charge in [0, 0.05) is 25.2 Å². The van der Waals surface area contributed by atoms with Gasteiger partial charge in [-0.2, -0.15) is 0 Å². The summed E-state index contributed by atoms with van der Waals surface area (Å²) in [6, 6.07) is 0. The van der Waals surface area contributed by atoms with Crippen LogP contribution in [0, 0.1) is 0 Å². The molecule has 0 spiro atoms. The molecule has 1 heterocycles. The number of anilines is 2. The molecule has 0 aliphatic heterocycles. The van der Waals surface area contributed by atoms with Crippen molar-refractivity contribution >= 4 is 23.4 Å². The number of carbonyl (C=O) groups excluding carboxylic acids is 1. The molecule has 5 nitrogen and oxygen atoms in total. The molecule has 0 radical (unpaired) electrons. The van der Waals surface area contributed by atoms with E-state index in [4.69, 9.17) is 11.5 Å². The minimum absolute atomic E-state index is 0.0291. The molecule has 1 aromatic rings. The Balaban J connectivity index is 2.50. The molecule has 0 atom stereocenters. The van der Waals surface area contributed by atoms with Crippen molar-refractivity contribution in [1.82, 2.24) is 10.3 Å². The number of carbonyl (C=O) groups is 1. The summed E-state index contributed by atoms with van der Waals surface area (Å²) in [6.45, 7) is 2.10. The highest BCUT2D eigenvalue weighted by Gasteiger charge is 1.98. The van der Waals surface area contributed by atoms with E-state index >= 15 is 0 Å². The van der Waals surface area contributed by atoms with Crippen LogP contribution in [0.4, 0.5) is 11.4 Å². The summed E-state index contributed by atoms with van der Waals surface area (Å²) in [5, 5.41) is 2.70. The van der Waals surface area contributed by atoms with Crippen LogP contribution in [0.15, 0.2) is 18.5 Å². The molecule has 0 fully saturated rings. The van der Waals surface area contributed by atoms with E-state index in [2.05, 4.69) is 10.3 Å². The van der Waals surface area contributed by atoms with Crippen LogP contribution in [0.3, 0.4) is 0 Å². The van der Waals surface area contributed by atoms with E-state index in [1.54, 1.807) is 6.20 Å². The third-order valence-electron chi connectivity index (χ3n) is 2.03. The monoisotopic (exact) mass is 220 g/mol. The predicted molar refractivity (Wildman–Crippen MR) is 65.4 cm³/mol. The highest BCUT2D eigenvalue weighted by molar-refractivity contribution is 5.74. The van der Waals surface area contributed by atoms with E-state index in [0.717, 1.165) is 12.0 Å². The second-order valence-electron chi connectivity index (χ2n) is 3.41. The van der Waals surface area contributed by atoms with E-state index in [9.17, 15) is 4.79 Å². The summed E-state index contributed by atoms with van der Waals surface area (Å²) in [7, 11) is 0. The van der Waals surface area contributed by atoms with Crippen LogP contribution in [0.25, 0.3) is 6.08 Å². The molecule has 0 aromatic carbocycles. The van der Waals surface area contributed by atoms with Gasteiger partial charge in [0.2, 0.25) is 5.91 Å². The Kier molecular flexibility index (Phi) is 4.32. The van der Waals surface area contributed by atoms with Crippen LogP contribution in [-0.2, 0) is 4.79 Å². The first-order valence-electron chi connectivity index (χ1n) is 5.01. The fraction of sp³-hybridized carbons (Fsp3) is 0.273. The maximum atomic E-state index is 10.6. The number of rotatable bonds is 4. The quantitative estimate of drug-likeness (QED) is 0.654. The van der Waals surface area contributed by atoms with Crippen molar-refractivity contribution in [1.29, 1.82) is 0 Å². The Morgan fingerprint density at radius 3 is 2.94 bits per heavy atom. The molecule has 5 heteroatoms. The Morgan fingerprint density at radius 1 is 1.50 bits per heavy atom. The van der Waals surface area contributed by atoms with Crippen LogP contribution < -0.4 is 16.8 Å². The normalized spacial score (nSPS) is 10.6. The molecule has 0 aliphatic carbocycles. The van der Waals surface area contributed by atoms with E-state index in [1.165, 1.54) is 13.1 Å². The molecule has 0 aliphatic rings. The van der Waals surface area contributed by atoms with Crippen LogP contribution >= 0.6 is 0 Å². The van der Waals surface area contributed by atoms with Gasteiger partial charge in [-0.05, 0) is 6.42 Å². The highest BCUT2D eigenvalue weighted by atomic mass is 16.1. The summed E-state index contributed by atoms with van der Waals surface area (Å²) in [5.74, 6) is -0.0291. The molecular formula is C11H16N4O. The zero-order chi connectivity index (χ0) is 12.0.